The highest BCUT2D eigenvalue weighted by Gasteiger charge is 2.11. The van der Waals surface area contributed by atoms with E-state index in [4.69, 9.17) is 28.9 Å². The van der Waals surface area contributed by atoms with Crippen molar-refractivity contribution >= 4 is 40.6 Å². The van der Waals surface area contributed by atoms with Gasteiger partial charge in [-0.3, -0.25) is 0 Å². The zero-order chi connectivity index (χ0) is 18.4. The summed E-state index contributed by atoms with van der Waals surface area (Å²) in [4.78, 5) is 4.28. The Kier molecular flexibility index (Phi) is 5.89. The molecule has 0 spiro atoms. The maximum Gasteiger partial charge on any atom is 0.214 e. The van der Waals surface area contributed by atoms with Crippen molar-refractivity contribution in [3.63, 3.8) is 0 Å². The van der Waals surface area contributed by atoms with E-state index in [2.05, 4.69) is 15.5 Å². The Morgan fingerprint density at radius 2 is 1.46 bits per heavy atom. The highest BCUT2D eigenvalue weighted by atomic mass is 35.5. The van der Waals surface area contributed by atoms with Gasteiger partial charge in [0.15, 0.2) is 0 Å². The third-order valence-corrected chi connectivity index (χ3v) is 4.12. The number of hydrogen-bond acceptors (Lipinski definition) is 2. The molecule has 0 aliphatic rings. The molecule has 0 radical (unpaired) electrons. The van der Waals surface area contributed by atoms with Crippen molar-refractivity contribution in [2.24, 2.45) is 15.8 Å². The minimum Gasteiger partial charge on any atom is -0.368 e. The number of para-hydroxylation sites is 1. The number of benzene rings is 3. The molecule has 0 unspecified atom stereocenters. The van der Waals surface area contributed by atoms with Gasteiger partial charge >= 0.3 is 0 Å². The molecule has 0 aliphatic heterocycles. The summed E-state index contributed by atoms with van der Waals surface area (Å²) in [5.41, 5.74) is 11.7. The molecule has 4 nitrogen and oxygen atoms in total. The second-order valence-corrected chi connectivity index (χ2v) is 6.24. The topological polar surface area (TPSA) is 62.8 Å². The first kappa shape index (κ1) is 18.0. The highest BCUT2D eigenvalue weighted by Crippen LogP contribution is 2.21. The molecule has 3 rings (SSSR count). The van der Waals surface area contributed by atoms with Crippen LogP contribution in [0.4, 0.5) is 5.69 Å². The molecule has 0 aliphatic carbocycles. The van der Waals surface area contributed by atoms with Crippen molar-refractivity contribution in [1.82, 2.24) is 5.43 Å². The van der Waals surface area contributed by atoms with Crippen LogP contribution in [-0.2, 0) is 0 Å². The van der Waals surface area contributed by atoms with Gasteiger partial charge in [0.1, 0.15) is 0 Å². The monoisotopic (exact) mass is 382 g/mol. The average Bonchev–Trinajstić information content (AvgIpc) is 2.65. The van der Waals surface area contributed by atoms with Crippen LogP contribution in [0.3, 0.4) is 0 Å². The van der Waals surface area contributed by atoms with Crippen molar-refractivity contribution in [2.45, 2.75) is 0 Å². The molecule has 0 amide bonds. The number of guanidine groups is 1. The lowest BCUT2D eigenvalue weighted by Crippen LogP contribution is -2.28. The first-order chi connectivity index (χ1) is 12.6. The number of rotatable bonds is 4. The minimum atomic E-state index is 0.176. The maximum absolute atomic E-state index is 6.35. The van der Waals surface area contributed by atoms with Crippen LogP contribution in [0, 0.1) is 0 Å². The lowest BCUT2D eigenvalue weighted by molar-refractivity contribution is 1.01. The van der Waals surface area contributed by atoms with Crippen LogP contribution < -0.4 is 11.2 Å². The summed E-state index contributed by atoms with van der Waals surface area (Å²) < 4.78 is 0. The van der Waals surface area contributed by atoms with Crippen LogP contribution >= 0.6 is 23.2 Å². The SMILES string of the molecule is NC(=Nc1ccccc1)N/N=C(/c1ccc(Cl)cc1)c1ccccc1Cl. The number of nitrogens with two attached hydrogens (primary N) is 1. The number of hydrazone groups is 1. The molecule has 3 aromatic carbocycles. The zero-order valence-corrected chi connectivity index (χ0v) is 15.2. The molecule has 3 aromatic rings. The lowest BCUT2D eigenvalue weighted by atomic mass is 10.0. The second kappa shape index (κ2) is 8.52. The molecule has 0 saturated heterocycles. The van der Waals surface area contributed by atoms with E-state index < -0.39 is 0 Å². The Morgan fingerprint density at radius 1 is 0.808 bits per heavy atom. The second-order valence-electron chi connectivity index (χ2n) is 5.39. The Morgan fingerprint density at radius 3 is 2.15 bits per heavy atom. The van der Waals surface area contributed by atoms with E-state index in [0.29, 0.717) is 15.8 Å². The van der Waals surface area contributed by atoms with Gasteiger partial charge in [0.05, 0.1) is 16.4 Å². The van der Waals surface area contributed by atoms with Crippen LogP contribution in [-0.4, -0.2) is 11.7 Å². The van der Waals surface area contributed by atoms with Gasteiger partial charge < -0.3 is 5.73 Å². The normalized spacial score (nSPS) is 12.1. The van der Waals surface area contributed by atoms with Gasteiger partial charge in [0.25, 0.3) is 0 Å². The summed E-state index contributed by atoms with van der Waals surface area (Å²) >= 11 is 12.3. The molecule has 0 fully saturated rings. The fraction of sp³-hybridized carbons (Fsp3) is 0. The van der Waals surface area contributed by atoms with E-state index in [-0.39, 0.29) is 5.96 Å². The van der Waals surface area contributed by atoms with Gasteiger partial charge in [-0.2, -0.15) is 5.10 Å². The van der Waals surface area contributed by atoms with Crippen molar-refractivity contribution in [1.29, 1.82) is 0 Å². The summed E-state index contributed by atoms with van der Waals surface area (Å²) in [7, 11) is 0. The highest BCUT2D eigenvalue weighted by molar-refractivity contribution is 6.35. The lowest BCUT2D eigenvalue weighted by Gasteiger charge is -2.10. The number of hydrogen-bond donors (Lipinski definition) is 2. The van der Waals surface area contributed by atoms with Crippen LogP contribution in [0.5, 0.6) is 0 Å². The van der Waals surface area contributed by atoms with Crippen LogP contribution in [0.1, 0.15) is 11.1 Å². The summed E-state index contributed by atoms with van der Waals surface area (Å²) in [6.07, 6.45) is 0. The largest absolute Gasteiger partial charge is 0.368 e. The average molecular weight is 383 g/mol. The predicted molar refractivity (Wildman–Crippen MR) is 109 cm³/mol. The van der Waals surface area contributed by atoms with E-state index in [9.17, 15) is 0 Å². The van der Waals surface area contributed by atoms with Gasteiger partial charge in [-0.05, 0) is 30.3 Å². The van der Waals surface area contributed by atoms with Gasteiger partial charge in [0.2, 0.25) is 5.96 Å². The zero-order valence-electron chi connectivity index (χ0n) is 13.7. The van der Waals surface area contributed by atoms with Crippen LogP contribution in [0.2, 0.25) is 10.0 Å². The Bertz CT molecular complexity index is 936. The third-order valence-electron chi connectivity index (χ3n) is 3.53. The van der Waals surface area contributed by atoms with Gasteiger partial charge in [-0.15, -0.1) is 0 Å². The van der Waals surface area contributed by atoms with E-state index in [0.717, 1.165) is 16.8 Å². The fourth-order valence-corrected chi connectivity index (χ4v) is 2.67. The van der Waals surface area contributed by atoms with Gasteiger partial charge in [0, 0.05) is 16.1 Å². The summed E-state index contributed by atoms with van der Waals surface area (Å²) in [5, 5.41) is 5.66. The Labute approximate surface area is 162 Å². The van der Waals surface area contributed by atoms with E-state index in [1.165, 1.54) is 0 Å². The Balaban J connectivity index is 1.95. The van der Waals surface area contributed by atoms with Crippen molar-refractivity contribution in [3.8, 4) is 0 Å². The fourth-order valence-electron chi connectivity index (χ4n) is 2.32. The van der Waals surface area contributed by atoms with Crippen molar-refractivity contribution in [2.75, 3.05) is 0 Å². The predicted octanol–water partition coefficient (Wildman–Crippen LogP) is 4.98. The van der Waals surface area contributed by atoms with Crippen LogP contribution in [0.15, 0.2) is 89.0 Å². The third kappa shape index (κ3) is 4.63. The minimum absolute atomic E-state index is 0.176. The molecular weight excluding hydrogens is 367 g/mol. The number of aliphatic imine (C=N–C) groups is 1. The van der Waals surface area contributed by atoms with E-state index >= 15 is 0 Å². The molecular formula is C20H16Cl2N4. The summed E-state index contributed by atoms with van der Waals surface area (Å²) in [6.45, 7) is 0. The Hall–Kier alpha value is -2.82. The standard InChI is InChI=1S/C20H16Cl2N4/c21-15-12-10-14(11-13-15)19(17-8-4-5-9-18(17)22)25-26-20(23)24-16-6-2-1-3-7-16/h1-13H,(H3,23,24,26)/b25-19-. The first-order valence-corrected chi connectivity index (χ1v) is 8.63. The van der Waals surface area contributed by atoms with E-state index in [1.807, 2.05) is 66.7 Å². The first-order valence-electron chi connectivity index (χ1n) is 7.87. The van der Waals surface area contributed by atoms with Gasteiger partial charge in [-0.1, -0.05) is 71.7 Å². The smallest absolute Gasteiger partial charge is 0.214 e. The number of halogens is 2. The van der Waals surface area contributed by atoms with Gasteiger partial charge in [-0.25, -0.2) is 10.4 Å². The molecule has 0 aromatic heterocycles. The maximum atomic E-state index is 6.35. The molecule has 0 heterocycles. The molecule has 0 atom stereocenters. The van der Waals surface area contributed by atoms with E-state index in [1.54, 1.807) is 12.1 Å². The number of nitrogens with zero attached hydrogens (tertiary/aromatic N) is 2. The van der Waals surface area contributed by atoms with Crippen molar-refractivity contribution in [3.05, 3.63) is 100 Å². The molecule has 0 saturated carbocycles. The molecule has 3 N–H and O–H groups in total. The van der Waals surface area contributed by atoms with Crippen molar-refractivity contribution < 1.29 is 0 Å². The molecule has 130 valence electrons. The molecule has 6 heteroatoms. The molecule has 26 heavy (non-hydrogen) atoms. The number of nitrogens with one attached hydrogen (secondary N) is 1. The summed E-state index contributed by atoms with van der Waals surface area (Å²) in [5.74, 6) is 0.176. The van der Waals surface area contributed by atoms with Crippen LogP contribution in [0.25, 0.3) is 0 Å². The summed E-state index contributed by atoms with van der Waals surface area (Å²) in [6, 6.07) is 24.2. The quantitative estimate of drug-likeness (QED) is 0.379. The molecule has 0 bridgehead atoms.